The number of Topliss-reactive ketones (excluding diaryl/α,β-unsaturated/α-hetero) is 1. The Balaban J connectivity index is 1.83. The summed E-state index contributed by atoms with van der Waals surface area (Å²) in [6.07, 6.45) is 5.61. The van der Waals surface area contributed by atoms with Gasteiger partial charge in [0.2, 0.25) is 0 Å². The number of fused-ring (bicyclic) bond motifs is 1. The molecular formula is C26H30O7. The lowest BCUT2D eigenvalue weighted by molar-refractivity contribution is 0.0844. The molecular weight excluding hydrogens is 424 g/mol. The zero-order valence-corrected chi connectivity index (χ0v) is 19.3. The molecule has 0 bridgehead atoms. The Bertz CT molecular complexity index is 1110. The SMILES string of the molecule is COc1cc([C@@H]2CC(=O)c3c(cc(O)c(C/C=C(\C)C/C=C/C(C)(C)O)c3O)O2)ccc1O. The van der Waals surface area contributed by atoms with Crippen LogP contribution in [-0.4, -0.2) is 38.9 Å². The van der Waals surface area contributed by atoms with E-state index in [0.717, 1.165) is 5.57 Å². The summed E-state index contributed by atoms with van der Waals surface area (Å²) >= 11 is 0. The maximum absolute atomic E-state index is 12.9. The van der Waals surface area contributed by atoms with Crippen LogP contribution in [0.25, 0.3) is 0 Å². The second-order valence-corrected chi connectivity index (χ2v) is 8.78. The topological polar surface area (TPSA) is 116 Å². The van der Waals surface area contributed by atoms with Gasteiger partial charge in [0.1, 0.15) is 28.9 Å². The zero-order chi connectivity index (χ0) is 24.3. The number of aromatic hydroxyl groups is 3. The van der Waals surface area contributed by atoms with E-state index in [4.69, 9.17) is 9.47 Å². The van der Waals surface area contributed by atoms with Gasteiger partial charge in [-0.2, -0.15) is 0 Å². The number of hydrogen-bond donors (Lipinski definition) is 4. The van der Waals surface area contributed by atoms with Crippen LogP contribution in [0.3, 0.4) is 0 Å². The van der Waals surface area contributed by atoms with Gasteiger partial charge in [-0.05, 0) is 51.3 Å². The molecule has 4 N–H and O–H groups in total. The molecule has 0 aromatic heterocycles. The van der Waals surface area contributed by atoms with Crippen molar-refractivity contribution >= 4 is 5.78 Å². The summed E-state index contributed by atoms with van der Waals surface area (Å²) in [5.74, 6) is -0.416. The summed E-state index contributed by atoms with van der Waals surface area (Å²) < 4.78 is 11.1. The van der Waals surface area contributed by atoms with Gasteiger partial charge in [-0.25, -0.2) is 0 Å². The van der Waals surface area contributed by atoms with E-state index >= 15 is 0 Å². The Morgan fingerprint density at radius 1 is 1.21 bits per heavy atom. The van der Waals surface area contributed by atoms with Crippen LogP contribution in [0.4, 0.5) is 0 Å². The molecule has 0 radical (unpaired) electrons. The van der Waals surface area contributed by atoms with E-state index in [9.17, 15) is 25.2 Å². The first-order chi connectivity index (χ1) is 15.5. The van der Waals surface area contributed by atoms with E-state index in [0.29, 0.717) is 12.0 Å². The number of ketones is 1. The fourth-order valence-electron chi connectivity index (χ4n) is 3.67. The fraction of sp³-hybridized carbons (Fsp3) is 0.346. The number of benzene rings is 2. The van der Waals surface area contributed by atoms with Crippen molar-refractivity contribution in [2.75, 3.05) is 7.11 Å². The van der Waals surface area contributed by atoms with E-state index in [1.165, 1.54) is 19.2 Å². The summed E-state index contributed by atoms with van der Waals surface area (Å²) in [6, 6.07) is 6.03. The third-order valence-corrected chi connectivity index (χ3v) is 5.46. The van der Waals surface area contributed by atoms with Gasteiger partial charge in [-0.1, -0.05) is 29.9 Å². The summed E-state index contributed by atoms with van der Waals surface area (Å²) in [5.41, 5.74) is 1.03. The Morgan fingerprint density at radius 2 is 1.94 bits per heavy atom. The lowest BCUT2D eigenvalue weighted by atomic mass is 9.92. The van der Waals surface area contributed by atoms with Crippen LogP contribution in [0.5, 0.6) is 28.7 Å². The van der Waals surface area contributed by atoms with E-state index < -0.39 is 11.7 Å². The van der Waals surface area contributed by atoms with Crippen molar-refractivity contribution in [3.8, 4) is 28.7 Å². The van der Waals surface area contributed by atoms with Gasteiger partial charge in [0.05, 0.1) is 19.1 Å². The Kier molecular flexibility index (Phi) is 7.03. The second-order valence-electron chi connectivity index (χ2n) is 8.78. The van der Waals surface area contributed by atoms with E-state index in [2.05, 4.69) is 0 Å². The van der Waals surface area contributed by atoms with Crippen LogP contribution in [0.2, 0.25) is 0 Å². The molecule has 2 aromatic carbocycles. The fourth-order valence-corrected chi connectivity index (χ4v) is 3.67. The number of carbonyl (C=O) groups excluding carboxylic acids is 1. The lowest BCUT2D eigenvalue weighted by Crippen LogP contribution is -2.21. The molecule has 1 heterocycles. The number of ether oxygens (including phenoxy) is 2. The number of allylic oxidation sites excluding steroid dienone is 3. The molecule has 7 heteroatoms. The largest absolute Gasteiger partial charge is 0.507 e. The van der Waals surface area contributed by atoms with Crippen LogP contribution in [0.1, 0.15) is 61.2 Å². The summed E-state index contributed by atoms with van der Waals surface area (Å²) in [5, 5.41) is 40.8. The van der Waals surface area contributed by atoms with Crippen LogP contribution in [-0.2, 0) is 6.42 Å². The van der Waals surface area contributed by atoms with E-state index in [-0.39, 0.29) is 58.5 Å². The molecule has 2 aromatic rings. The van der Waals surface area contributed by atoms with Crippen LogP contribution < -0.4 is 9.47 Å². The second kappa shape index (κ2) is 9.58. The highest BCUT2D eigenvalue weighted by atomic mass is 16.5. The van der Waals surface area contributed by atoms with Crippen molar-refractivity contribution in [3.63, 3.8) is 0 Å². The van der Waals surface area contributed by atoms with Crippen molar-refractivity contribution in [1.29, 1.82) is 0 Å². The maximum Gasteiger partial charge on any atom is 0.174 e. The molecule has 0 saturated heterocycles. The van der Waals surface area contributed by atoms with Gasteiger partial charge in [-0.15, -0.1) is 0 Å². The number of aliphatic hydroxyl groups is 1. The molecule has 0 spiro atoms. The van der Waals surface area contributed by atoms with Crippen molar-refractivity contribution in [1.82, 2.24) is 0 Å². The highest BCUT2D eigenvalue weighted by Gasteiger charge is 2.33. The first-order valence-electron chi connectivity index (χ1n) is 10.7. The van der Waals surface area contributed by atoms with Crippen molar-refractivity contribution in [3.05, 3.63) is 64.8 Å². The average molecular weight is 455 g/mol. The smallest absolute Gasteiger partial charge is 0.174 e. The normalized spacial score (nSPS) is 16.6. The van der Waals surface area contributed by atoms with Crippen molar-refractivity contribution in [2.45, 2.75) is 51.7 Å². The third kappa shape index (κ3) is 5.68. The minimum absolute atomic E-state index is 0.00465. The lowest BCUT2D eigenvalue weighted by Gasteiger charge is -2.27. The Labute approximate surface area is 193 Å². The van der Waals surface area contributed by atoms with Crippen molar-refractivity contribution < 1.29 is 34.7 Å². The molecule has 1 aliphatic rings. The Hall–Kier alpha value is -3.45. The van der Waals surface area contributed by atoms with Gasteiger partial charge in [0, 0.05) is 11.6 Å². The van der Waals surface area contributed by atoms with Gasteiger partial charge >= 0.3 is 0 Å². The standard InChI is InChI=1S/C26H30O7/c1-15(6-5-11-26(2,3)31)7-9-17-19(28)13-23-24(25(17)30)20(29)14-21(33-23)16-8-10-18(27)22(12-16)32-4/h5,7-8,10-13,21,27-28,30-31H,6,9,14H2,1-4H3/b11-5+,15-7+/t21-/m0/s1. The minimum atomic E-state index is -0.890. The molecule has 33 heavy (non-hydrogen) atoms. The molecule has 1 atom stereocenters. The first-order valence-corrected chi connectivity index (χ1v) is 10.7. The van der Waals surface area contributed by atoms with E-state index in [1.54, 1.807) is 32.1 Å². The number of phenolic OH excluding ortho intramolecular Hbond substituents is 3. The predicted molar refractivity (Wildman–Crippen MR) is 124 cm³/mol. The predicted octanol–water partition coefficient (Wildman–Crippen LogP) is 4.72. The monoisotopic (exact) mass is 454 g/mol. The molecule has 0 aliphatic carbocycles. The molecule has 3 rings (SSSR count). The first kappa shape index (κ1) is 24.2. The molecule has 0 saturated carbocycles. The van der Waals surface area contributed by atoms with Crippen LogP contribution in [0.15, 0.2) is 48.1 Å². The van der Waals surface area contributed by atoms with Gasteiger partial charge in [0.25, 0.3) is 0 Å². The van der Waals surface area contributed by atoms with Crippen LogP contribution in [0, 0.1) is 0 Å². The summed E-state index contributed by atoms with van der Waals surface area (Å²) in [4.78, 5) is 12.9. The number of phenols is 3. The zero-order valence-electron chi connectivity index (χ0n) is 19.3. The van der Waals surface area contributed by atoms with Gasteiger partial charge in [-0.3, -0.25) is 4.79 Å². The highest BCUT2D eigenvalue weighted by molar-refractivity contribution is 6.03. The molecule has 176 valence electrons. The molecule has 1 aliphatic heterocycles. The molecule has 0 amide bonds. The van der Waals surface area contributed by atoms with E-state index in [1.807, 2.05) is 19.1 Å². The number of carbonyl (C=O) groups is 1. The van der Waals surface area contributed by atoms with Crippen LogP contribution >= 0.6 is 0 Å². The molecule has 0 unspecified atom stereocenters. The third-order valence-electron chi connectivity index (χ3n) is 5.46. The van der Waals surface area contributed by atoms with Gasteiger partial charge in [0.15, 0.2) is 17.3 Å². The average Bonchev–Trinajstić information content (AvgIpc) is 2.72. The minimum Gasteiger partial charge on any atom is -0.507 e. The quantitative estimate of drug-likeness (QED) is 0.447. The number of methoxy groups -OCH3 is 1. The highest BCUT2D eigenvalue weighted by Crippen LogP contribution is 2.45. The number of hydrogen-bond acceptors (Lipinski definition) is 7. The van der Waals surface area contributed by atoms with Gasteiger partial charge < -0.3 is 29.9 Å². The van der Waals surface area contributed by atoms with Crippen molar-refractivity contribution in [2.24, 2.45) is 0 Å². The molecule has 0 fully saturated rings. The summed E-state index contributed by atoms with van der Waals surface area (Å²) in [6.45, 7) is 5.28. The molecule has 7 nitrogen and oxygen atoms in total. The maximum atomic E-state index is 12.9. The Morgan fingerprint density at radius 3 is 2.61 bits per heavy atom. The number of rotatable bonds is 7. The summed E-state index contributed by atoms with van der Waals surface area (Å²) in [7, 11) is 1.43.